The predicted molar refractivity (Wildman–Crippen MR) is 69.2 cm³/mol. The van der Waals surface area contributed by atoms with Gasteiger partial charge in [0.05, 0.1) is 14.2 Å². The molecule has 1 aromatic rings. The number of carboxylic acid groups (broad SMARTS) is 1. The molecule has 0 saturated carbocycles. The van der Waals surface area contributed by atoms with Crippen LogP contribution in [0.1, 0.15) is 18.1 Å². The summed E-state index contributed by atoms with van der Waals surface area (Å²) in [6, 6.07) is 5.42. The average molecular weight is 266 g/mol. The van der Waals surface area contributed by atoms with Gasteiger partial charge in [0.2, 0.25) is 0 Å². The molecule has 5 nitrogen and oxygen atoms in total. The number of aliphatic carboxylic acids is 1. The average Bonchev–Trinajstić information content (AvgIpc) is 2.37. The van der Waals surface area contributed by atoms with Gasteiger partial charge in [0.25, 0.3) is 0 Å². The zero-order valence-corrected chi connectivity index (χ0v) is 11.5. The molecule has 104 valence electrons. The van der Waals surface area contributed by atoms with E-state index in [-0.39, 0.29) is 6.42 Å². The van der Waals surface area contributed by atoms with Crippen LogP contribution >= 0.6 is 0 Å². The van der Waals surface area contributed by atoms with Crippen molar-refractivity contribution in [3.05, 3.63) is 29.3 Å². The van der Waals surface area contributed by atoms with E-state index >= 15 is 0 Å². The normalized spacial score (nSPS) is 13.5. The van der Waals surface area contributed by atoms with Crippen molar-refractivity contribution in [3.63, 3.8) is 0 Å². The topological polar surface area (TPSA) is 72.8 Å². The van der Waals surface area contributed by atoms with Crippen LogP contribution in [0.25, 0.3) is 0 Å². The molecule has 0 aliphatic rings. The van der Waals surface area contributed by atoms with Gasteiger partial charge in [0.1, 0.15) is 5.75 Å². The number of carbonyl (C=O) groups excluding carboxylic acids is 1. The van der Waals surface area contributed by atoms with Gasteiger partial charge in [-0.1, -0.05) is 17.7 Å². The maximum atomic E-state index is 11.7. The smallest absolute Gasteiger partial charge is 0.323 e. The quantitative estimate of drug-likeness (QED) is 0.650. The van der Waals surface area contributed by atoms with Crippen molar-refractivity contribution in [2.75, 3.05) is 14.2 Å². The van der Waals surface area contributed by atoms with Crippen molar-refractivity contribution in [2.45, 2.75) is 20.3 Å². The summed E-state index contributed by atoms with van der Waals surface area (Å²) in [4.78, 5) is 23.1. The standard InChI is InChI=1S/C14H18O5/c1-9-5-6-11(18-3)10(7-9)8-14(2,12(15)16)13(17)19-4/h5-7H,8H2,1-4H3,(H,15,16). The molecule has 0 aliphatic carbocycles. The number of methoxy groups -OCH3 is 2. The fraction of sp³-hybridized carbons (Fsp3) is 0.429. The van der Waals surface area contributed by atoms with Gasteiger partial charge in [-0.05, 0) is 25.5 Å². The summed E-state index contributed by atoms with van der Waals surface area (Å²) in [6.45, 7) is 3.24. The fourth-order valence-corrected chi connectivity index (χ4v) is 1.89. The summed E-state index contributed by atoms with van der Waals surface area (Å²) in [5, 5.41) is 9.29. The van der Waals surface area contributed by atoms with Gasteiger partial charge in [-0.2, -0.15) is 0 Å². The van der Waals surface area contributed by atoms with Crippen molar-refractivity contribution < 1.29 is 24.2 Å². The van der Waals surface area contributed by atoms with Gasteiger partial charge >= 0.3 is 11.9 Å². The van der Waals surface area contributed by atoms with E-state index in [1.54, 1.807) is 6.07 Å². The number of esters is 1. The Hall–Kier alpha value is -2.04. The summed E-state index contributed by atoms with van der Waals surface area (Å²) in [7, 11) is 2.68. The molecule has 0 aromatic heterocycles. The lowest BCUT2D eigenvalue weighted by atomic mass is 9.83. The third kappa shape index (κ3) is 3.05. The van der Waals surface area contributed by atoms with E-state index in [1.165, 1.54) is 21.1 Å². The first-order valence-electron chi connectivity index (χ1n) is 5.80. The molecular weight excluding hydrogens is 248 g/mol. The van der Waals surface area contributed by atoms with Crippen molar-refractivity contribution in [2.24, 2.45) is 5.41 Å². The van der Waals surface area contributed by atoms with Gasteiger partial charge < -0.3 is 14.6 Å². The van der Waals surface area contributed by atoms with E-state index in [2.05, 4.69) is 4.74 Å². The van der Waals surface area contributed by atoms with Crippen molar-refractivity contribution >= 4 is 11.9 Å². The number of aryl methyl sites for hydroxylation is 1. The number of benzene rings is 1. The Morgan fingerprint density at radius 2 is 1.95 bits per heavy atom. The first kappa shape index (κ1) is 15.0. The molecule has 0 amide bonds. The second-order valence-electron chi connectivity index (χ2n) is 4.62. The minimum atomic E-state index is -1.63. The van der Waals surface area contributed by atoms with Crippen LogP contribution in [-0.2, 0) is 20.7 Å². The molecule has 19 heavy (non-hydrogen) atoms. The molecule has 1 N–H and O–H groups in total. The second-order valence-corrected chi connectivity index (χ2v) is 4.62. The van der Waals surface area contributed by atoms with E-state index in [4.69, 9.17) is 4.74 Å². The van der Waals surface area contributed by atoms with Crippen LogP contribution in [0.3, 0.4) is 0 Å². The Morgan fingerprint density at radius 3 is 2.42 bits per heavy atom. The SMILES string of the molecule is COC(=O)C(C)(Cc1cc(C)ccc1OC)C(=O)O. The molecule has 0 heterocycles. The Balaban J connectivity index is 3.20. The van der Waals surface area contributed by atoms with Crippen molar-refractivity contribution in [3.8, 4) is 5.75 Å². The third-order valence-corrected chi connectivity index (χ3v) is 3.09. The first-order chi connectivity index (χ1) is 8.85. The molecular formula is C14H18O5. The van der Waals surface area contributed by atoms with Gasteiger partial charge in [-0.3, -0.25) is 9.59 Å². The summed E-state index contributed by atoms with van der Waals surface area (Å²) >= 11 is 0. The van der Waals surface area contributed by atoms with Crippen LogP contribution in [0.15, 0.2) is 18.2 Å². The summed E-state index contributed by atoms with van der Waals surface area (Å²) in [6.07, 6.45) is 0.0137. The van der Waals surface area contributed by atoms with Crippen molar-refractivity contribution in [1.29, 1.82) is 0 Å². The van der Waals surface area contributed by atoms with Crippen molar-refractivity contribution in [1.82, 2.24) is 0 Å². The lowest BCUT2D eigenvalue weighted by Crippen LogP contribution is -2.39. The predicted octanol–water partition coefficient (Wildman–Crippen LogP) is 1.81. The molecule has 1 rings (SSSR count). The van der Waals surface area contributed by atoms with Crippen LogP contribution in [0.5, 0.6) is 5.75 Å². The van der Waals surface area contributed by atoms with Crippen LogP contribution in [0.2, 0.25) is 0 Å². The molecule has 0 saturated heterocycles. The monoisotopic (exact) mass is 266 g/mol. The third-order valence-electron chi connectivity index (χ3n) is 3.09. The van der Waals surface area contributed by atoms with Crippen LogP contribution < -0.4 is 4.74 Å². The van der Waals surface area contributed by atoms with E-state index in [0.717, 1.165) is 5.56 Å². The van der Waals surface area contributed by atoms with Crippen LogP contribution in [0, 0.1) is 12.3 Å². The van der Waals surface area contributed by atoms with E-state index < -0.39 is 17.4 Å². The minimum absolute atomic E-state index is 0.0137. The van der Waals surface area contributed by atoms with Gasteiger partial charge in [0.15, 0.2) is 5.41 Å². The molecule has 0 bridgehead atoms. The van der Waals surface area contributed by atoms with Gasteiger partial charge in [0, 0.05) is 6.42 Å². The largest absolute Gasteiger partial charge is 0.496 e. The van der Waals surface area contributed by atoms with Gasteiger partial charge in [-0.25, -0.2) is 0 Å². The molecule has 5 heteroatoms. The number of rotatable bonds is 5. The Morgan fingerprint density at radius 1 is 1.32 bits per heavy atom. The molecule has 0 radical (unpaired) electrons. The molecule has 1 unspecified atom stereocenters. The second kappa shape index (κ2) is 5.73. The summed E-state index contributed by atoms with van der Waals surface area (Å²) < 4.78 is 9.79. The Labute approximate surface area is 112 Å². The zero-order valence-electron chi connectivity index (χ0n) is 11.5. The molecule has 0 spiro atoms. The number of carboxylic acids is 1. The highest BCUT2D eigenvalue weighted by Gasteiger charge is 2.43. The summed E-state index contributed by atoms with van der Waals surface area (Å²) in [5.41, 5.74) is 0.00160. The molecule has 0 aliphatic heterocycles. The molecule has 1 aromatic carbocycles. The molecule has 0 fully saturated rings. The maximum Gasteiger partial charge on any atom is 0.323 e. The Kier molecular flexibility index (Phi) is 4.53. The first-order valence-corrected chi connectivity index (χ1v) is 5.80. The van der Waals surface area contributed by atoms with Gasteiger partial charge in [-0.15, -0.1) is 0 Å². The van der Waals surface area contributed by atoms with E-state index in [0.29, 0.717) is 11.3 Å². The molecule has 1 atom stereocenters. The lowest BCUT2D eigenvalue weighted by molar-refractivity contribution is -0.165. The number of hydrogen-bond acceptors (Lipinski definition) is 4. The Bertz CT molecular complexity index is 495. The summed E-state index contributed by atoms with van der Waals surface area (Å²) in [5.74, 6) is -1.44. The zero-order chi connectivity index (χ0) is 14.6. The van der Waals surface area contributed by atoms with E-state index in [1.807, 2.05) is 19.1 Å². The van der Waals surface area contributed by atoms with E-state index in [9.17, 15) is 14.7 Å². The lowest BCUT2D eigenvalue weighted by Gasteiger charge is -2.23. The highest BCUT2D eigenvalue weighted by Crippen LogP contribution is 2.30. The fourth-order valence-electron chi connectivity index (χ4n) is 1.89. The maximum absolute atomic E-state index is 11.7. The number of hydrogen-bond donors (Lipinski definition) is 1. The van der Waals surface area contributed by atoms with Crippen LogP contribution in [-0.4, -0.2) is 31.3 Å². The number of ether oxygens (including phenoxy) is 2. The minimum Gasteiger partial charge on any atom is -0.496 e. The number of carbonyl (C=O) groups is 2. The highest BCUT2D eigenvalue weighted by molar-refractivity contribution is 5.99. The highest BCUT2D eigenvalue weighted by atomic mass is 16.5. The van der Waals surface area contributed by atoms with Crippen LogP contribution in [0.4, 0.5) is 0 Å².